The summed E-state index contributed by atoms with van der Waals surface area (Å²) in [5.74, 6) is -0.275. The van der Waals surface area contributed by atoms with Crippen LogP contribution in [0.1, 0.15) is 18.6 Å². The molecule has 0 aliphatic carbocycles. The summed E-state index contributed by atoms with van der Waals surface area (Å²) in [7, 11) is 0. The van der Waals surface area contributed by atoms with Crippen LogP contribution in [0.5, 0.6) is 5.75 Å². The molecule has 2 unspecified atom stereocenters. The zero-order valence-electron chi connectivity index (χ0n) is 10.8. The van der Waals surface area contributed by atoms with E-state index in [1.807, 2.05) is 19.1 Å². The fourth-order valence-electron chi connectivity index (χ4n) is 1.87. The minimum atomic E-state index is -0.468. The zero-order chi connectivity index (χ0) is 14.7. The molecule has 0 saturated carbocycles. The molecule has 0 spiro atoms. The highest BCUT2D eigenvalue weighted by molar-refractivity contribution is 9.10. The van der Waals surface area contributed by atoms with Crippen molar-refractivity contribution in [3.05, 3.63) is 63.3 Å². The van der Waals surface area contributed by atoms with E-state index in [9.17, 15) is 4.39 Å². The molecule has 2 rings (SSSR count). The summed E-state index contributed by atoms with van der Waals surface area (Å²) >= 11 is 9.18. The SMILES string of the molecule is CC(N)C(Oc1ccc(Br)cc1F)c1cccc(Cl)c1. The number of hydrogen-bond acceptors (Lipinski definition) is 2. The average Bonchev–Trinajstić information content (AvgIpc) is 2.37. The second-order valence-electron chi connectivity index (χ2n) is 4.53. The van der Waals surface area contributed by atoms with Crippen molar-refractivity contribution in [1.29, 1.82) is 0 Å². The third-order valence-corrected chi connectivity index (χ3v) is 3.53. The first kappa shape index (κ1) is 15.3. The molecule has 2 nitrogen and oxygen atoms in total. The van der Waals surface area contributed by atoms with Gasteiger partial charge in [0, 0.05) is 15.5 Å². The lowest BCUT2D eigenvalue weighted by molar-refractivity contribution is 0.172. The monoisotopic (exact) mass is 357 g/mol. The van der Waals surface area contributed by atoms with Crippen molar-refractivity contribution in [2.45, 2.75) is 19.1 Å². The molecule has 0 amide bonds. The predicted molar refractivity (Wildman–Crippen MR) is 82.6 cm³/mol. The van der Waals surface area contributed by atoms with Crippen LogP contribution >= 0.6 is 27.5 Å². The van der Waals surface area contributed by atoms with Crippen LogP contribution in [0.25, 0.3) is 0 Å². The number of ether oxygens (including phenoxy) is 1. The fraction of sp³-hybridized carbons (Fsp3) is 0.200. The van der Waals surface area contributed by atoms with Crippen LogP contribution in [0.15, 0.2) is 46.9 Å². The van der Waals surface area contributed by atoms with Crippen LogP contribution in [0, 0.1) is 5.82 Å². The van der Waals surface area contributed by atoms with E-state index in [1.54, 1.807) is 24.3 Å². The number of hydrogen-bond donors (Lipinski definition) is 1. The van der Waals surface area contributed by atoms with Gasteiger partial charge in [-0.25, -0.2) is 4.39 Å². The van der Waals surface area contributed by atoms with E-state index in [-0.39, 0.29) is 11.8 Å². The van der Waals surface area contributed by atoms with Gasteiger partial charge in [-0.1, -0.05) is 39.7 Å². The van der Waals surface area contributed by atoms with Crippen LogP contribution < -0.4 is 10.5 Å². The van der Waals surface area contributed by atoms with E-state index < -0.39 is 11.9 Å². The second kappa shape index (κ2) is 6.57. The predicted octanol–water partition coefficient (Wildman–Crippen LogP) is 4.71. The van der Waals surface area contributed by atoms with Crippen molar-refractivity contribution >= 4 is 27.5 Å². The summed E-state index contributed by atoms with van der Waals surface area (Å²) in [5, 5.41) is 0.591. The molecule has 0 aromatic heterocycles. The number of nitrogens with two attached hydrogens (primary N) is 1. The summed E-state index contributed by atoms with van der Waals surface area (Å²) in [6, 6.07) is 11.5. The van der Waals surface area contributed by atoms with Crippen molar-refractivity contribution in [2.75, 3.05) is 0 Å². The maximum Gasteiger partial charge on any atom is 0.166 e. The van der Waals surface area contributed by atoms with E-state index in [4.69, 9.17) is 22.1 Å². The van der Waals surface area contributed by atoms with Crippen molar-refractivity contribution in [1.82, 2.24) is 0 Å². The van der Waals surface area contributed by atoms with Gasteiger partial charge in [0.2, 0.25) is 0 Å². The quantitative estimate of drug-likeness (QED) is 0.859. The molecule has 0 aliphatic heterocycles. The highest BCUT2D eigenvalue weighted by Gasteiger charge is 2.20. The Bertz CT molecular complexity index is 606. The fourth-order valence-corrected chi connectivity index (χ4v) is 2.40. The van der Waals surface area contributed by atoms with Crippen molar-refractivity contribution in [3.8, 4) is 5.75 Å². The van der Waals surface area contributed by atoms with Gasteiger partial charge in [0.15, 0.2) is 11.6 Å². The van der Waals surface area contributed by atoms with Gasteiger partial charge in [-0.05, 0) is 42.8 Å². The van der Waals surface area contributed by atoms with Gasteiger partial charge in [0.1, 0.15) is 6.10 Å². The lowest BCUT2D eigenvalue weighted by Gasteiger charge is -2.23. The largest absolute Gasteiger partial charge is 0.481 e. The summed E-state index contributed by atoms with van der Waals surface area (Å²) in [4.78, 5) is 0. The highest BCUT2D eigenvalue weighted by Crippen LogP contribution is 2.29. The molecule has 2 aromatic carbocycles. The first-order valence-electron chi connectivity index (χ1n) is 6.10. The Morgan fingerprint density at radius 3 is 2.60 bits per heavy atom. The Balaban J connectivity index is 2.30. The minimum Gasteiger partial charge on any atom is -0.481 e. The molecule has 2 N–H and O–H groups in total. The molecule has 0 radical (unpaired) electrons. The smallest absolute Gasteiger partial charge is 0.166 e. The molecular formula is C15H14BrClFNO. The van der Waals surface area contributed by atoms with Gasteiger partial charge in [-0.15, -0.1) is 0 Å². The molecule has 0 fully saturated rings. The molecular weight excluding hydrogens is 345 g/mol. The van der Waals surface area contributed by atoms with E-state index in [1.165, 1.54) is 6.07 Å². The van der Waals surface area contributed by atoms with Crippen LogP contribution in [0.4, 0.5) is 4.39 Å². The van der Waals surface area contributed by atoms with E-state index in [0.717, 1.165) is 5.56 Å². The van der Waals surface area contributed by atoms with Crippen LogP contribution in [0.3, 0.4) is 0 Å². The van der Waals surface area contributed by atoms with E-state index in [2.05, 4.69) is 15.9 Å². The summed E-state index contributed by atoms with van der Waals surface area (Å²) in [6.07, 6.45) is -0.468. The second-order valence-corrected chi connectivity index (χ2v) is 5.88. The number of benzene rings is 2. The van der Waals surface area contributed by atoms with Gasteiger partial charge < -0.3 is 10.5 Å². The van der Waals surface area contributed by atoms with E-state index >= 15 is 0 Å². The van der Waals surface area contributed by atoms with Gasteiger partial charge in [-0.2, -0.15) is 0 Å². The van der Waals surface area contributed by atoms with Crippen LogP contribution in [0.2, 0.25) is 5.02 Å². The van der Waals surface area contributed by atoms with Gasteiger partial charge in [0.05, 0.1) is 0 Å². The standard InChI is InChI=1S/C15H14BrClFNO/c1-9(19)15(10-3-2-4-12(17)7-10)20-14-6-5-11(16)8-13(14)18/h2-9,15H,19H2,1H3. The summed E-state index contributed by atoms with van der Waals surface area (Å²) < 4.78 is 20.2. The molecule has 5 heteroatoms. The molecule has 0 saturated heterocycles. The van der Waals surface area contributed by atoms with Crippen molar-refractivity contribution in [2.24, 2.45) is 5.73 Å². The maximum absolute atomic E-state index is 13.8. The summed E-state index contributed by atoms with van der Waals surface area (Å²) in [5.41, 5.74) is 6.76. The Kier molecular flexibility index (Phi) is 5.02. The first-order valence-corrected chi connectivity index (χ1v) is 7.27. The minimum absolute atomic E-state index is 0.162. The topological polar surface area (TPSA) is 35.2 Å². The lowest BCUT2D eigenvalue weighted by Crippen LogP contribution is -2.29. The Hall–Kier alpha value is -1.10. The third kappa shape index (κ3) is 3.72. The molecule has 0 heterocycles. The number of halogens is 3. The van der Waals surface area contributed by atoms with Gasteiger partial charge in [-0.3, -0.25) is 0 Å². The Labute approximate surface area is 130 Å². The average molecular weight is 359 g/mol. The lowest BCUT2D eigenvalue weighted by atomic mass is 10.0. The molecule has 20 heavy (non-hydrogen) atoms. The number of rotatable bonds is 4. The third-order valence-electron chi connectivity index (χ3n) is 2.80. The molecule has 106 valence electrons. The summed E-state index contributed by atoms with van der Waals surface area (Å²) in [6.45, 7) is 1.81. The Morgan fingerprint density at radius 2 is 2.00 bits per heavy atom. The van der Waals surface area contributed by atoms with Crippen molar-refractivity contribution < 1.29 is 9.13 Å². The molecule has 2 atom stereocenters. The normalized spacial score (nSPS) is 13.8. The van der Waals surface area contributed by atoms with E-state index in [0.29, 0.717) is 9.50 Å². The maximum atomic E-state index is 13.8. The van der Waals surface area contributed by atoms with Gasteiger partial charge >= 0.3 is 0 Å². The molecule has 0 bridgehead atoms. The first-order chi connectivity index (χ1) is 9.47. The van der Waals surface area contributed by atoms with Crippen molar-refractivity contribution in [3.63, 3.8) is 0 Å². The highest BCUT2D eigenvalue weighted by atomic mass is 79.9. The van der Waals surface area contributed by atoms with Crippen LogP contribution in [-0.4, -0.2) is 6.04 Å². The molecule has 2 aromatic rings. The Morgan fingerprint density at radius 1 is 1.25 bits per heavy atom. The van der Waals surface area contributed by atoms with Gasteiger partial charge in [0.25, 0.3) is 0 Å². The molecule has 0 aliphatic rings. The van der Waals surface area contributed by atoms with Crippen LogP contribution in [-0.2, 0) is 0 Å². The zero-order valence-corrected chi connectivity index (χ0v) is 13.2.